The van der Waals surface area contributed by atoms with Crippen LogP contribution >= 0.6 is 0 Å². The van der Waals surface area contributed by atoms with Crippen LogP contribution in [0.5, 0.6) is 0 Å². The summed E-state index contributed by atoms with van der Waals surface area (Å²) in [6, 6.07) is 14.9. The number of aliphatic imine (C=N–C) groups is 1. The predicted octanol–water partition coefficient (Wildman–Crippen LogP) is 5.37. The Morgan fingerprint density at radius 2 is 1.69 bits per heavy atom. The zero-order chi connectivity index (χ0) is 18.8. The Hall–Kier alpha value is -3.21. The van der Waals surface area contributed by atoms with Crippen LogP contribution in [0.1, 0.15) is 28.1 Å². The molecule has 1 aromatic heterocycles. The quantitative estimate of drug-likeness (QED) is 0.362. The molecule has 26 heavy (non-hydrogen) atoms. The van der Waals surface area contributed by atoms with Crippen LogP contribution in [0.4, 0.5) is 11.4 Å². The Kier molecular flexibility index (Phi) is 4.71. The lowest BCUT2D eigenvalue weighted by molar-refractivity contribution is -0.384. The molecule has 0 radical (unpaired) electrons. The predicted molar refractivity (Wildman–Crippen MR) is 105 cm³/mol. The van der Waals surface area contributed by atoms with Crippen molar-refractivity contribution in [3.63, 3.8) is 0 Å². The van der Waals surface area contributed by atoms with E-state index in [9.17, 15) is 10.1 Å². The number of hydrogen-bond acceptors (Lipinski definition) is 3. The Labute approximate surface area is 152 Å². The van der Waals surface area contributed by atoms with E-state index >= 15 is 0 Å². The number of aryl methyl sites for hydroxylation is 3. The first kappa shape index (κ1) is 17.6. The van der Waals surface area contributed by atoms with Gasteiger partial charge < -0.3 is 4.57 Å². The highest BCUT2D eigenvalue weighted by Gasteiger charge is 2.10. The molecule has 0 N–H and O–H groups in total. The van der Waals surface area contributed by atoms with E-state index in [0.29, 0.717) is 5.69 Å². The van der Waals surface area contributed by atoms with Crippen LogP contribution in [0.25, 0.3) is 5.69 Å². The molecule has 0 fully saturated rings. The van der Waals surface area contributed by atoms with Crippen molar-refractivity contribution in [3.8, 4) is 5.69 Å². The normalized spacial score (nSPS) is 11.2. The number of nitro benzene ring substituents is 1. The second kappa shape index (κ2) is 6.96. The summed E-state index contributed by atoms with van der Waals surface area (Å²) in [4.78, 5) is 14.9. The van der Waals surface area contributed by atoms with E-state index < -0.39 is 4.92 Å². The van der Waals surface area contributed by atoms with Crippen molar-refractivity contribution in [1.29, 1.82) is 0 Å². The third-order valence-corrected chi connectivity index (χ3v) is 4.33. The van der Waals surface area contributed by atoms with E-state index in [2.05, 4.69) is 61.5 Å². The molecule has 3 aromatic rings. The highest BCUT2D eigenvalue weighted by Crippen LogP contribution is 2.23. The van der Waals surface area contributed by atoms with Gasteiger partial charge in [-0.3, -0.25) is 15.1 Å². The molecule has 0 aliphatic carbocycles. The maximum absolute atomic E-state index is 10.9. The standard InChI is InChI=1S/C21H21N3O2/c1-14-8-15(2)10-21(9-14)23-16(3)11-18(17(23)4)13-22-19-6-5-7-20(12-19)24(25)26/h5-13H,1-4H3. The molecule has 0 atom stereocenters. The highest BCUT2D eigenvalue weighted by atomic mass is 16.6. The van der Waals surface area contributed by atoms with Gasteiger partial charge in [-0.25, -0.2) is 0 Å². The fourth-order valence-electron chi connectivity index (χ4n) is 3.23. The van der Waals surface area contributed by atoms with Crippen molar-refractivity contribution < 1.29 is 4.92 Å². The van der Waals surface area contributed by atoms with E-state index in [4.69, 9.17) is 0 Å². The minimum atomic E-state index is -0.412. The monoisotopic (exact) mass is 347 g/mol. The van der Waals surface area contributed by atoms with Crippen molar-refractivity contribution in [1.82, 2.24) is 4.57 Å². The summed E-state index contributed by atoms with van der Waals surface area (Å²) in [5, 5.41) is 10.9. The Balaban J connectivity index is 1.98. The summed E-state index contributed by atoms with van der Waals surface area (Å²) in [5.74, 6) is 0. The summed E-state index contributed by atoms with van der Waals surface area (Å²) in [5.41, 5.74) is 7.38. The Morgan fingerprint density at radius 3 is 2.35 bits per heavy atom. The molecule has 0 spiro atoms. The molecule has 5 heteroatoms. The van der Waals surface area contributed by atoms with Gasteiger partial charge in [0.1, 0.15) is 0 Å². The van der Waals surface area contributed by atoms with E-state index in [1.807, 2.05) is 0 Å². The van der Waals surface area contributed by atoms with Crippen molar-refractivity contribution in [2.24, 2.45) is 4.99 Å². The number of non-ortho nitro benzene ring substituents is 1. The number of rotatable bonds is 4. The van der Waals surface area contributed by atoms with Gasteiger partial charge in [0.2, 0.25) is 0 Å². The van der Waals surface area contributed by atoms with E-state index in [1.165, 1.54) is 23.3 Å². The molecule has 5 nitrogen and oxygen atoms in total. The molecular formula is C21H21N3O2. The minimum absolute atomic E-state index is 0.0420. The average Bonchev–Trinajstić information content (AvgIpc) is 2.86. The van der Waals surface area contributed by atoms with Gasteiger partial charge in [-0.2, -0.15) is 0 Å². The van der Waals surface area contributed by atoms with Gasteiger partial charge in [0.25, 0.3) is 5.69 Å². The van der Waals surface area contributed by atoms with Crippen LogP contribution in [-0.4, -0.2) is 15.7 Å². The molecular weight excluding hydrogens is 326 g/mol. The fourth-order valence-corrected chi connectivity index (χ4v) is 3.23. The summed E-state index contributed by atoms with van der Waals surface area (Å²) in [6.45, 7) is 8.31. The molecule has 2 aromatic carbocycles. The Morgan fingerprint density at radius 1 is 1.00 bits per heavy atom. The Bertz CT molecular complexity index is 996. The zero-order valence-corrected chi connectivity index (χ0v) is 15.4. The van der Waals surface area contributed by atoms with Crippen molar-refractivity contribution in [2.45, 2.75) is 27.7 Å². The summed E-state index contributed by atoms with van der Waals surface area (Å²) >= 11 is 0. The third kappa shape index (κ3) is 3.57. The lowest BCUT2D eigenvalue weighted by atomic mass is 10.1. The van der Waals surface area contributed by atoms with Gasteiger partial charge in [0.05, 0.1) is 10.6 Å². The molecule has 0 aliphatic rings. The zero-order valence-electron chi connectivity index (χ0n) is 15.4. The van der Waals surface area contributed by atoms with Gasteiger partial charge >= 0.3 is 0 Å². The molecule has 0 bridgehead atoms. The van der Waals surface area contributed by atoms with E-state index in [0.717, 1.165) is 22.6 Å². The molecule has 132 valence electrons. The molecule has 0 unspecified atom stereocenters. The van der Waals surface area contributed by atoms with Gasteiger partial charge in [-0.15, -0.1) is 0 Å². The topological polar surface area (TPSA) is 60.4 Å². The van der Waals surface area contributed by atoms with Gasteiger partial charge in [-0.1, -0.05) is 12.1 Å². The first-order chi connectivity index (χ1) is 12.3. The summed E-state index contributed by atoms with van der Waals surface area (Å²) in [7, 11) is 0. The molecule has 0 saturated heterocycles. The van der Waals surface area contributed by atoms with Gasteiger partial charge in [0.15, 0.2) is 0 Å². The number of aromatic nitrogens is 1. The smallest absolute Gasteiger partial charge is 0.271 e. The van der Waals surface area contributed by atoms with E-state index in [-0.39, 0.29) is 5.69 Å². The molecule has 3 rings (SSSR count). The van der Waals surface area contributed by atoms with Crippen molar-refractivity contribution in [2.75, 3.05) is 0 Å². The molecule has 0 saturated carbocycles. The first-order valence-corrected chi connectivity index (χ1v) is 8.41. The largest absolute Gasteiger partial charge is 0.318 e. The average molecular weight is 347 g/mol. The highest BCUT2D eigenvalue weighted by molar-refractivity contribution is 5.84. The van der Waals surface area contributed by atoms with Crippen molar-refractivity contribution >= 4 is 17.6 Å². The summed E-state index contributed by atoms with van der Waals surface area (Å²) < 4.78 is 2.20. The van der Waals surface area contributed by atoms with Crippen LogP contribution < -0.4 is 0 Å². The second-order valence-corrected chi connectivity index (χ2v) is 6.54. The number of nitro groups is 1. The van der Waals surface area contributed by atoms with E-state index in [1.54, 1.807) is 18.3 Å². The SMILES string of the molecule is Cc1cc(C)cc(-n2c(C)cc(C=Nc3cccc([N+](=O)[O-])c3)c2C)c1. The lowest BCUT2D eigenvalue weighted by Crippen LogP contribution is -2.00. The first-order valence-electron chi connectivity index (χ1n) is 8.41. The molecule has 0 amide bonds. The summed E-state index contributed by atoms with van der Waals surface area (Å²) in [6.07, 6.45) is 1.76. The molecule has 0 aliphatic heterocycles. The van der Waals surface area contributed by atoms with Crippen LogP contribution in [0.3, 0.4) is 0 Å². The minimum Gasteiger partial charge on any atom is -0.318 e. The van der Waals surface area contributed by atoms with Gasteiger partial charge in [-0.05, 0) is 63.1 Å². The number of benzene rings is 2. The fraction of sp³-hybridized carbons (Fsp3) is 0.190. The lowest BCUT2D eigenvalue weighted by Gasteiger charge is -2.11. The second-order valence-electron chi connectivity index (χ2n) is 6.54. The van der Waals surface area contributed by atoms with Crippen LogP contribution in [0.15, 0.2) is 53.5 Å². The van der Waals surface area contributed by atoms with Gasteiger partial charge in [0, 0.05) is 41.0 Å². The molecule has 1 heterocycles. The number of hydrogen-bond donors (Lipinski definition) is 0. The number of nitrogens with zero attached hydrogens (tertiary/aromatic N) is 3. The van der Waals surface area contributed by atoms with Crippen LogP contribution in [0.2, 0.25) is 0 Å². The van der Waals surface area contributed by atoms with Crippen LogP contribution in [-0.2, 0) is 0 Å². The van der Waals surface area contributed by atoms with Crippen LogP contribution in [0, 0.1) is 37.8 Å². The van der Waals surface area contributed by atoms with Crippen molar-refractivity contribution in [3.05, 3.63) is 86.7 Å². The maximum Gasteiger partial charge on any atom is 0.271 e. The third-order valence-electron chi connectivity index (χ3n) is 4.33. The maximum atomic E-state index is 10.9.